The van der Waals surface area contributed by atoms with Crippen LogP contribution in [0.3, 0.4) is 0 Å². The van der Waals surface area contributed by atoms with Crippen LogP contribution in [-0.2, 0) is 9.53 Å². The topological polar surface area (TPSA) is 61.8 Å². The molecule has 0 bridgehead atoms. The molecule has 0 N–H and O–H groups in total. The second kappa shape index (κ2) is 8.44. The first-order valence-electron chi connectivity index (χ1n) is 9.12. The molecule has 3 aromatic rings. The van der Waals surface area contributed by atoms with Gasteiger partial charge in [0.25, 0.3) is 0 Å². The highest BCUT2D eigenvalue weighted by molar-refractivity contribution is 5.99. The summed E-state index contributed by atoms with van der Waals surface area (Å²) in [5.74, 6) is 0.467. The van der Waals surface area contributed by atoms with Crippen LogP contribution in [0.15, 0.2) is 78.9 Å². The van der Waals surface area contributed by atoms with Crippen LogP contribution in [-0.4, -0.2) is 25.2 Å². The van der Waals surface area contributed by atoms with E-state index in [1.54, 1.807) is 36.4 Å². The van der Waals surface area contributed by atoms with Gasteiger partial charge in [0, 0.05) is 11.6 Å². The number of hydrogen-bond donors (Lipinski definition) is 0. The summed E-state index contributed by atoms with van der Waals surface area (Å²) in [6.07, 6.45) is 2.88. The molecule has 0 unspecified atom stereocenters. The van der Waals surface area contributed by atoms with Gasteiger partial charge in [-0.25, -0.2) is 4.79 Å². The molecule has 0 radical (unpaired) electrons. The van der Waals surface area contributed by atoms with Crippen LogP contribution in [0.4, 0.5) is 0 Å². The minimum atomic E-state index is -0.586. The lowest BCUT2D eigenvalue weighted by atomic mass is 10.0. The second-order valence-corrected chi connectivity index (χ2v) is 6.42. The zero-order valence-electron chi connectivity index (χ0n) is 15.5. The van der Waals surface area contributed by atoms with Crippen LogP contribution in [0.5, 0.6) is 11.5 Å². The van der Waals surface area contributed by atoms with Crippen LogP contribution >= 0.6 is 0 Å². The fourth-order valence-electron chi connectivity index (χ4n) is 2.93. The molecule has 3 aromatic carbocycles. The van der Waals surface area contributed by atoms with Gasteiger partial charge in [0.15, 0.2) is 23.9 Å². The van der Waals surface area contributed by atoms with E-state index in [2.05, 4.69) is 0 Å². The number of ether oxygens (including phenoxy) is 3. The lowest BCUT2D eigenvalue weighted by Crippen LogP contribution is -2.12. The molecule has 0 atom stereocenters. The Morgan fingerprint density at radius 2 is 1.59 bits per heavy atom. The highest BCUT2D eigenvalue weighted by atomic mass is 16.7. The summed E-state index contributed by atoms with van der Waals surface area (Å²) in [5.41, 5.74) is 3.36. The smallest absolute Gasteiger partial charge is 0.331 e. The summed E-state index contributed by atoms with van der Waals surface area (Å²) >= 11 is 0. The molecule has 5 heteroatoms. The molecule has 0 saturated heterocycles. The van der Waals surface area contributed by atoms with Gasteiger partial charge in [0.05, 0.1) is 0 Å². The number of benzene rings is 3. The fraction of sp³-hybridized carbons (Fsp3) is 0.0833. The number of carbonyl (C=O) groups is 2. The molecule has 1 aliphatic heterocycles. The Labute approximate surface area is 168 Å². The second-order valence-electron chi connectivity index (χ2n) is 6.42. The zero-order chi connectivity index (χ0) is 20.1. The lowest BCUT2D eigenvalue weighted by Gasteiger charge is -2.05. The number of ketones is 1. The summed E-state index contributed by atoms with van der Waals surface area (Å²) in [6, 6.07) is 22.5. The first-order valence-corrected chi connectivity index (χ1v) is 9.12. The van der Waals surface area contributed by atoms with Crippen LogP contribution < -0.4 is 9.47 Å². The van der Waals surface area contributed by atoms with Crippen LogP contribution in [0, 0.1) is 0 Å². The predicted octanol–water partition coefficient (Wildman–Crippen LogP) is 4.52. The van der Waals surface area contributed by atoms with Crippen molar-refractivity contribution in [1.82, 2.24) is 0 Å². The van der Waals surface area contributed by atoms with Crippen LogP contribution in [0.2, 0.25) is 0 Å². The van der Waals surface area contributed by atoms with Crippen molar-refractivity contribution in [1.29, 1.82) is 0 Å². The number of hydrogen-bond acceptors (Lipinski definition) is 5. The summed E-state index contributed by atoms with van der Waals surface area (Å²) in [6.45, 7) is -0.117. The standard InChI is InChI=1S/C24H18O5/c25-21(20-10-8-19(9-11-20)18-4-2-1-3-5-18)15-27-24(26)13-7-17-6-12-22-23(14-17)29-16-28-22/h1-14H,15-16H2/b13-7+. The molecule has 0 fully saturated rings. The molecule has 1 aliphatic rings. The molecule has 29 heavy (non-hydrogen) atoms. The molecule has 0 amide bonds. The SMILES string of the molecule is O=C(/C=C/c1ccc2c(c1)OCO2)OCC(=O)c1ccc(-c2ccccc2)cc1. The summed E-state index contributed by atoms with van der Waals surface area (Å²) in [7, 11) is 0. The van der Waals surface area contributed by atoms with Crippen molar-refractivity contribution < 1.29 is 23.8 Å². The molecule has 144 valence electrons. The van der Waals surface area contributed by atoms with Crippen LogP contribution in [0.1, 0.15) is 15.9 Å². The third kappa shape index (κ3) is 4.52. The van der Waals surface area contributed by atoms with Gasteiger partial charge in [0.1, 0.15) is 0 Å². The van der Waals surface area contributed by atoms with Gasteiger partial charge in [-0.1, -0.05) is 60.7 Å². The quantitative estimate of drug-likeness (QED) is 0.354. The molecule has 0 aromatic heterocycles. The maximum atomic E-state index is 12.3. The third-order valence-corrected chi connectivity index (χ3v) is 4.47. The molecule has 4 rings (SSSR count). The first-order chi connectivity index (χ1) is 14.2. The molecule has 1 heterocycles. The molecule has 5 nitrogen and oxygen atoms in total. The predicted molar refractivity (Wildman–Crippen MR) is 109 cm³/mol. The van der Waals surface area contributed by atoms with E-state index in [9.17, 15) is 9.59 Å². The fourth-order valence-corrected chi connectivity index (χ4v) is 2.93. The van der Waals surface area contributed by atoms with Crippen molar-refractivity contribution >= 4 is 17.8 Å². The van der Waals surface area contributed by atoms with E-state index >= 15 is 0 Å². The van der Waals surface area contributed by atoms with Gasteiger partial charge >= 0.3 is 5.97 Å². The highest BCUT2D eigenvalue weighted by Crippen LogP contribution is 2.32. The Balaban J connectivity index is 1.31. The number of fused-ring (bicyclic) bond motifs is 1. The van der Waals surface area contributed by atoms with E-state index in [0.29, 0.717) is 17.1 Å². The van der Waals surface area contributed by atoms with E-state index in [-0.39, 0.29) is 19.2 Å². The average Bonchev–Trinajstić information content (AvgIpc) is 3.24. The zero-order valence-corrected chi connectivity index (χ0v) is 15.5. The molecular weight excluding hydrogens is 368 g/mol. The normalized spacial score (nSPS) is 12.1. The maximum Gasteiger partial charge on any atom is 0.331 e. The van der Waals surface area contributed by atoms with Gasteiger partial charge < -0.3 is 14.2 Å². The number of rotatable bonds is 6. The number of carbonyl (C=O) groups excluding carboxylic acids is 2. The summed E-state index contributed by atoms with van der Waals surface area (Å²) < 4.78 is 15.6. The Morgan fingerprint density at radius 3 is 2.38 bits per heavy atom. The van der Waals surface area contributed by atoms with E-state index in [0.717, 1.165) is 16.7 Å². The summed E-state index contributed by atoms with van der Waals surface area (Å²) in [4.78, 5) is 24.2. The van der Waals surface area contributed by atoms with Gasteiger partial charge in [0.2, 0.25) is 6.79 Å². The van der Waals surface area contributed by atoms with Crippen molar-refractivity contribution in [3.05, 3.63) is 90.0 Å². The number of Topliss-reactive ketones (excluding diaryl/α,β-unsaturated/α-hetero) is 1. The molecule has 0 aliphatic carbocycles. The molecular formula is C24H18O5. The average molecular weight is 386 g/mol. The lowest BCUT2D eigenvalue weighted by molar-refractivity contribution is -0.136. The third-order valence-electron chi connectivity index (χ3n) is 4.47. The monoisotopic (exact) mass is 386 g/mol. The van der Waals surface area contributed by atoms with Crippen molar-refractivity contribution in [3.63, 3.8) is 0 Å². The van der Waals surface area contributed by atoms with Crippen molar-refractivity contribution in [3.8, 4) is 22.6 Å². The van der Waals surface area contributed by atoms with E-state index in [4.69, 9.17) is 14.2 Å². The largest absolute Gasteiger partial charge is 0.454 e. The Hall–Kier alpha value is -3.86. The summed E-state index contributed by atoms with van der Waals surface area (Å²) in [5, 5.41) is 0. The molecule has 0 saturated carbocycles. The Kier molecular flexibility index (Phi) is 5.38. The first kappa shape index (κ1) is 18.5. The van der Waals surface area contributed by atoms with E-state index in [1.165, 1.54) is 6.08 Å². The minimum absolute atomic E-state index is 0.193. The van der Waals surface area contributed by atoms with Gasteiger partial charge in [-0.15, -0.1) is 0 Å². The Bertz CT molecular complexity index is 1050. The van der Waals surface area contributed by atoms with Crippen LogP contribution in [0.25, 0.3) is 17.2 Å². The molecule has 0 spiro atoms. The van der Waals surface area contributed by atoms with E-state index < -0.39 is 5.97 Å². The maximum absolute atomic E-state index is 12.3. The number of esters is 1. The van der Waals surface area contributed by atoms with Crippen molar-refractivity contribution in [2.45, 2.75) is 0 Å². The van der Waals surface area contributed by atoms with Gasteiger partial charge in [-0.2, -0.15) is 0 Å². The van der Waals surface area contributed by atoms with Gasteiger partial charge in [-0.05, 0) is 34.9 Å². The van der Waals surface area contributed by atoms with Crippen molar-refractivity contribution in [2.75, 3.05) is 13.4 Å². The van der Waals surface area contributed by atoms with E-state index in [1.807, 2.05) is 42.5 Å². The van der Waals surface area contributed by atoms with Gasteiger partial charge in [-0.3, -0.25) is 4.79 Å². The minimum Gasteiger partial charge on any atom is -0.454 e. The Morgan fingerprint density at radius 1 is 0.862 bits per heavy atom. The highest BCUT2D eigenvalue weighted by Gasteiger charge is 2.13. The van der Waals surface area contributed by atoms with Crippen molar-refractivity contribution in [2.24, 2.45) is 0 Å².